The van der Waals surface area contributed by atoms with Gasteiger partial charge in [0.25, 0.3) is 0 Å². The van der Waals surface area contributed by atoms with E-state index in [4.69, 9.17) is 15.9 Å². The number of hydrogen-bond acceptors (Lipinski definition) is 6. The van der Waals surface area contributed by atoms with E-state index < -0.39 is 11.8 Å². The number of amides is 3. The molecule has 0 heterocycles. The molecule has 0 saturated heterocycles. The van der Waals surface area contributed by atoms with Gasteiger partial charge in [0.15, 0.2) is 0 Å². The first-order valence-corrected chi connectivity index (χ1v) is 7.78. The molecule has 0 fully saturated rings. The minimum atomic E-state index is -0.440. The van der Waals surface area contributed by atoms with Crippen LogP contribution in [0.25, 0.3) is 0 Å². The van der Waals surface area contributed by atoms with Crippen LogP contribution >= 0.6 is 0 Å². The molecule has 134 valence electrons. The van der Waals surface area contributed by atoms with Crippen LogP contribution < -0.4 is 16.4 Å². The topological polar surface area (TPSA) is 145 Å². The van der Waals surface area contributed by atoms with E-state index in [1.54, 1.807) is 0 Å². The Hall–Kier alpha value is -1.71. The lowest BCUT2D eigenvalue weighted by Crippen LogP contribution is -2.46. The van der Waals surface area contributed by atoms with Crippen molar-refractivity contribution in [2.24, 2.45) is 5.73 Å². The van der Waals surface area contributed by atoms with Crippen LogP contribution in [-0.4, -0.2) is 78.8 Å². The van der Waals surface area contributed by atoms with E-state index in [2.05, 4.69) is 10.6 Å². The molecule has 0 saturated carbocycles. The van der Waals surface area contributed by atoms with Crippen LogP contribution in [0.15, 0.2) is 0 Å². The molecule has 0 aliphatic heterocycles. The van der Waals surface area contributed by atoms with Gasteiger partial charge < -0.3 is 31.5 Å². The van der Waals surface area contributed by atoms with Crippen LogP contribution in [0.4, 0.5) is 0 Å². The molecule has 0 unspecified atom stereocenters. The standard InChI is InChI=1S/C14H28N4O5/c15-5-3-1-2-4-14(23)18(10-12(21)16-6-8-19)11-13(22)17-7-9-20/h19-20H,1-11,15H2,(H,16,21)(H,17,22). The van der Waals surface area contributed by atoms with Crippen molar-refractivity contribution in [2.75, 3.05) is 45.9 Å². The molecule has 9 nitrogen and oxygen atoms in total. The van der Waals surface area contributed by atoms with Gasteiger partial charge in [-0.25, -0.2) is 0 Å². The number of carbonyl (C=O) groups is 3. The fourth-order valence-electron chi connectivity index (χ4n) is 1.84. The second-order valence-electron chi connectivity index (χ2n) is 5.00. The molecule has 6 N–H and O–H groups in total. The van der Waals surface area contributed by atoms with Gasteiger partial charge in [0.1, 0.15) is 13.1 Å². The molecule has 0 rings (SSSR count). The van der Waals surface area contributed by atoms with Crippen molar-refractivity contribution < 1.29 is 24.6 Å². The second kappa shape index (κ2) is 13.9. The summed E-state index contributed by atoms with van der Waals surface area (Å²) in [5, 5.41) is 22.2. The molecule has 0 aliphatic rings. The molecule has 0 bridgehead atoms. The predicted molar refractivity (Wildman–Crippen MR) is 84.3 cm³/mol. The van der Waals surface area contributed by atoms with Gasteiger partial charge in [0.05, 0.1) is 13.2 Å². The first-order valence-electron chi connectivity index (χ1n) is 7.78. The molecule has 0 spiro atoms. The molecule has 0 aromatic heterocycles. The minimum Gasteiger partial charge on any atom is -0.395 e. The van der Waals surface area contributed by atoms with E-state index in [1.807, 2.05) is 0 Å². The van der Waals surface area contributed by atoms with Gasteiger partial charge in [-0.15, -0.1) is 0 Å². The third kappa shape index (κ3) is 11.5. The van der Waals surface area contributed by atoms with Gasteiger partial charge in [-0.2, -0.15) is 0 Å². The number of unbranched alkanes of at least 4 members (excludes halogenated alkanes) is 2. The van der Waals surface area contributed by atoms with Gasteiger partial charge >= 0.3 is 0 Å². The van der Waals surface area contributed by atoms with Crippen molar-refractivity contribution in [3.05, 3.63) is 0 Å². The summed E-state index contributed by atoms with van der Waals surface area (Å²) in [6.07, 6.45) is 2.51. The Morgan fingerprint density at radius 2 is 1.39 bits per heavy atom. The van der Waals surface area contributed by atoms with Crippen LogP contribution in [0.2, 0.25) is 0 Å². The molecular weight excluding hydrogens is 304 g/mol. The quantitative estimate of drug-likeness (QED) is 0.237. The van der Waals surface area contributed by atoms with Crippen molar-refractivity contribution in [3.63, 3.8) is 0 Å². The number of nitrogens with one attached hydrogen (secondary N) is 2. The van der Waals surface area contributed by atoms with Gasteiger partial charge in [-0.05, 0) is 19.4 Å². The number of aliphatic hydroxyl groups is 2. The van der Waals surface area contributed by atoms with E-state index in [-0.39, 0.29) is 51.7 Å². The summed E-state index contributed by atoms with van der Waals surface area (Å²) in [7, 11) is 0. The minimum absolute atomic E-state index is 0.0913. The summed E-state index contributed by atoms with van der Waals surface area (Å²) in [6, 6.07) is 0. The number of nitrogens with two attached hydrogens (primary N) is 1. The van der Waals surface area contributed by atoms with Gasteiger partial charge in [-0.3, -0.25) is 14.4 Å². The highest BCUT2D eigenvalue weighted by molar-refractivity contribution is 5.89. The monoisotopic (exact) mass is 332 g/mol. The maximum atomic E-state index is 12.2. The fourth-order valence-corrected chi connectivity index (χ4v) is 1.84. The predicted octanol–water partition coefficient (Wildman–Crippen LogP) is -2.45. The molecule has 0 aromatic rings. The first-order chi connectivity index (χ1) is 11.0. The van der Waals surface area contributed by atoms with Crippen molar-refractivity contribution in [3.8, 4) is 0 Å². The Bertz CT molecular complexity index is 343. The van der Waals surface area contributed by atoms with Crippen molar-refractivity contribution >= 4 is 17.7 Å². The Morgan fingerprint density at radius 1 is 0.870 bits per heavy atom. The molecule has 3 amide bonds. The van der Waals surface area contributed by atoms with Gasteiger partial charge in [0.2, 0.25) is 17.7 Å². The molecular formula is C14H28N4O5. The van der Waals surface area contributed by atoms with Gasteiger partial charge in [-0.1, -0.05) is 6.42 Å². The lowest BCUT2D eigenvalue weighted by molar-refractivity contribution is -0.139. The third-order valence-corrected chi connectivity index (χ3v) is 2.98. The van der Waals surface area contributed by atoms with E-state index >= 15 is 0 Å². The van der Waals surface area contributed by atoms with Crippen LogP contribution in [-0.2, 0) is 14.4 Å². The SMILES string of the molecule is NCCCCCC(=O)N(CC(=O)NCCO)CC(=O)NCCO. The molecule has 0 aromatic carbocycles. The average Bonchev–Trinajstić information content (AvgIpc) is 2.54. The molecule has 9 heteroatoms. The van der Waals surface area contributed by atoms with E-state index in [0.29, 0.717) is 13.0 Å². The van der Waals surface area contributed by atoms with Crippen molar-refractivity contribution in [1.82, 2.24) is 15.5 Å². The van der Waals surface area contributed by atoms with Crippen molar-refractivity contribution in [1.29, 1.82) is 0 Å². The number of nitrogens with zero attached hydrogens (tertiary/aromatic N) is 1. The maximum absolute atomic E-state index is 12.2. The summed E-state index contributed by atoms with van der Waals surface area (Å²) in [5.74, 6) is -1.17. The maximum Gasteiger partial charge on any atom is 0.239 e. The Morgan fingerprint density at radius 3 is 1.83 bits per heavy atom. The second-order valence-corrected chi connectivity index (χ2v) is 5.00. The van der Waals surface area contributed by atoms with E-state index in [9.17, 15) is 14.4 Å². The summed E-state index contributed by atoms with van der Waals surface area (Å²) >= 11 is 0. The summed E-state index contributed by atoms with van der Waals surface area (Å²) in [6.45, 7) is -0.150. The number of aliphatic hydroxyl groups excluding tert-OH is 2. The zero-order valence-electron chi connectivity index (χ0n) is 13.4. The summed E-state index contributed by atoms with van der Waals surface area (Å²) < 4.78 is 0. The van der Waals surface area contributed by atoms with E-state index in [1.165, 1.54) is 4.90 Å². The highest BCUT2D eigenvalue weighted by Crippen LogP contribution is 2.03. The average molecular weight is 332 g/mol. The summed E-state index contributed by atoms with van der Waals surface area (Å²) in [5.41, 5.74) is 5.39. The number of carbonyl (C=O) groups excluding carboxylic acids is 3. The highest BCUT2D eigenvalue weighted by Gasteiger charge is 2.19. The lowest BCUT2D eigenvalue weighted by atomic mass is 10.2. The first kappa shape index (κ1) is 21.3. The van der Waals surface area contributed by atoms with Crippen LogP contribution in [0.1, 0.15) is 25.7 Å². The van der Waals surface area contributed by atoms with Crippen LogP contribution in [0.3, 0.4) is 0 Å². The Labute approximate surface area is 136 Å². The highest BCUT2D eigenvalue weighted by atomic mass is 16.3. The smallest absolute Gasteiger partial charge is 0.239 e. The Kier molecular flexibility index (Phi) is 12.9. The molecule has 23 heavy (non-hydrogen) atoms. The van der Waals surface area contributed by atoms with Crippen LogP contribution in [0, 0.1) is 0 Å². The Balaban J connectivity index is 4.48. The zero-order chi connectivity index (χ0) is 17.5. The number of hydrogen-bond donors (Lipinski definition) is 5. The largest absolute Gasteiger partial charge is 0.395 e. The third-order valence-electron chi connectivity index (χ3n) is 2.98. The summed E-state index contributed by atoms with van der Waals surface area (Å²) in [4.78, 5) is 36.7. The number of rotatable bonds is 13. The molecule has 0 aliphatic carbocycles. The van der Waals surface area contributed by atoms with Crippen molar-refractivity contribution in [2.45, 2.75) is 25.7 Å². The fraction of sp³-hybridized carbons (Fsp3) is 0.786. The normalized spacial score (nSPS) is 10.2. The molecule has 0 atom stereocenters. The lowest BCUT2D eigenvalue weighted by Gasteiger charge is -2.21. The molecule has 0 radical (unpaired) electrons. The van der Waals surface area contributed by atoms with Crippen LogP contribution in [0.5, 0.6) is 0 Å². The van der Waals surface area contributed by atoms with Gasteiger partial charge in [0, 0.05) is 19.5 Å². The van der Waals surface area contributed by atoms with E-state index in [0.717, 1.165) is 12.8 Å². The zero-order valence-corrected chi connectivity index (χ0v) is 13.4.